The molecule has 1 aromatic carbocycles. The fourth-order valence-corrected chi connectivity index (χ4v) is 3.12. The molecule has 2 rings (SSSR count). The van der Waals surface area contributed by atoms with Crippen LogP contribution in [0.4, 0.5) is 5.69 Å². The van der Waals surface area contributed by atoms with Crippen LogP contribution < -0.4 is 5.32 Å². The number of carbonyl (C=O) groups is 1. The summed E-state index contributed by atoms with van der Waals surface area (Å²) in [6.07, 6.45) is 3.74. The van der Waals surface area contributed by atoms with E-state index in [1.54, 1.807) is 11.3 Å². The predicted octanol–water partition coefficient (Wildman–Crippen LogP) is 3.56. The van der Waals surface area contributed by atoms with Crippen molar-refractivity contribution < 1.29 is 4.79 Å². The molecule has 4 heteroatoms. The highest BCUT2D eigenvalue weighted by Gasteiger charge is 2.09. The van der Waals surface area contributed by atoms with Crippen LogP contribution in [-0.4, -0.2) is 11.4 Å². The van der Waals surface area contributed by atoms with E-state index in [4.69, 9.17) is 0 Å². The van der Waals surface area contributed by atoms with Crippen molar-refractivity contribution in [3.8, 4) is 0 Å². The number of benzene rings is 1. The molecule has 0 aliphatic rings. The van der Waals surface area contributed by atoms with Crippen LogP contribution in [0.25, 0.3) is 0 Å². The molecule has 3 nitrogen and oxygen atoms in total. The number of carbonyl (C=O) groups excluding carboxylic acids is 1. The van der Waals surface area contributed by atoms with E-state index < -0.39 is 0 Å². The summed E-state index contributed by atoms with van der Waals surface area (Å²) in [6, 6.07) is 7.96. The molecular formula is C15H18N2OS. The molecule has 0 atom stereocenters. The van der Waals surface area contributed by atoms with Crippen molar-refractivity contribution in [2.45, 2.75) is 33.1 Å². The zero-order valence-electron chi connectivity index (χ0n) is 11.3. The lowest BCUT2D eigenvalue weighted by molar-refractivity contribution is -0.105. The van der Waals surface area contributed by atoms with Gasteiger partial charge in [-0.2, -0.15) is 0 Å². The maximum absolute atomic E-state index is 10.5. The lowest BCUT2D eigenvalue weighted by atomic mass is 10.1. The highest BCUT2D eigenvalue weighted by atomic mass is 32.1. The van der Waals surface area contributed by atoms with Gasteiger partial charge < -0.3 is 5.32 Å². The van der Waals surface area contributed by atoms with Gasteiger partial charge in [0.05, 0.1) is 10.7 Å². The Hall–Kier alpha value is -1.68. The number of aromatic nitrogens is 1. The van der Waals surface area contributed by atoms with Crippen molar-refractivity contribution in [2.24, 2.45) is 0 Å². The molecule has 1 amide bonds. The number of aryl methyl sites for hydroxylation is 2. The zero-order chi connectivity index (χ0) is 13.7. The Morgan fingerprint density at radius 1 is 1.42 bits per heavy atom. The van der Waals surface area contributed by atoms with Crippen molar-refractivity contribution in [1.29, 1.82) is 0 Å². The molecule has 1 heterocycles. The van der Waals surface area contributed by atoms with Crippen molar-refractivity contribution in [3.63, 3.8) is 0 Å². The van der Waals surface area contributed by atoms with Crippen molar-refractivity contribution >= 4 is 23.4 Å². The zero-order valence-corrected chi connectivity index (χ0v) is 12.1. The average Bonchev–Trinajstić information content (AvgIpc) is 2.71. The van der Waals surface area contributed by atoms with Gasteiger partial charge in [-0.15, -0.1) is 11.3 Å². The van der Waals surface area contributed by atoms with Crippen LogP contribution in [0.1, 0.15) is 34.5 Å². The van der Waals surface area contributed by atoms with Gasteiger partial charge in [-0.1, -0.05) is 25.5 Å². The molecule has 19 heavy (non-hydrogen) atoms. The van der Waals surface area contributed by atoms with E-state index >= 15 is 0 Å². The third-order valence-corrected chi connectivity index (χ3v) is 3.90. The Balaban J connectivity index is 2.20. The Bertz CT molecular complexity index is 563. The number of nitrogens with zero attached hydrogens (tertiary/aromatic N) is 1. The lowest BCUT2D eigenvalue weighted by Crippen LogP contribution is -1.96. The third-order valence-electron chi connectivity index (χ3n) is 2.89. The van der Waals surface area contributed by atoms with Crippen molar-refractivity contribution in [3.05, 3.63) is 45.4 Å². The number of hydrogen-bond donors (Lipinski definition) is 1. The van der Waals surface area contributed by atoms with Gasteiger partial charge in [0.25, 0.3) is 0 Å². The SMILES string of the molecule is CCCc1nc(C)sc1Cc1cccc(NC=O)c1. The predicted molar refractivity (Wildman–Crippen MR) is 79.8 cm³/mol. The first-order valence-electron chi connectivity index (χ1n) is 6.47. The summed E-state index contributed by atoms with van der Waals surface area (Å²) in [5.74, 6) is 0. The fraction of sp³-hybridized carbons (Fsp3) is 0.333. The highest BCUT2D eigenvalue weighted by Crippen LogP contribution is 2.23. The highest BCUT2D eigenvalue weighted by molar-refractivity contribution is 7.11. The first-order chi connectivity index (χ1) is 9.22. The number of rotatable bonds is 6. The molecule has 0 bridgehead atoms. The van der Waals surface area contributed by atoms with Crippen molar-refractivity contribution in [1.82, 2.24) is 4.98 Å². The average molecular weight is 274 g/mol. The Morgan fingerprint density at radius 2 is 2.26 bits per heavy atom. The van der Waals surface area contributed by atoms with E-state index in [0.717, 1.165) is 30.0 Å². The second-order valence-electron chi connectivity index (χ2n) is 4.49. The van der Waals surface area contributed by atoms with Crippen LogP contribution in [0, 0.1) is 6.92 Å². The summed E-state index contributed by atoms with van der Waals surface area (Å²) in [5.41, 5.74) is 3.26. The number of hydrogen-bond acceptors (Lipinski definition) is 3. The van der Waals surface area contributed by atoms with Gasteiger partial charge in [0.2, 0.25) is 6.41 Å². The first-order valence-corrected chi connectivity index (χ1v) is 7.29. The molecule has 0 fully saturated rings. The minimum atomic E-state index is 0.707. The molecule has 0 aliphatic heterocycles. The maximum atomic E-state index is 10.5. The molecule has 2 aromatic rings. The van der Waals surface area contributed by atoms with Crippen LogP contribution >= 0.6 is 11.3 Å². The van der Waals surface area contributed by atoms with E-state index in [1.807, 2.05) is 18.2 Å². The van der Waals surface area contributed by atoms with Gasteiger partial charge in [-0.05, 0) is 31.0 Å². The molecule has 0 unspecified atom stereocenters. The van der Waals surface area contributed by atoms with Gasteiger partial charge in [0.15, 0.2) is 0 Å². The Labute approximate surface area is 117 Å². The third kappa shape index (κ3) is 3.64. The van der Waals surface area contributed by atoms with Crippen LogP contribution in [0.15, 0.2) is 24.3 Å². The maximum Gasteiger partial charge on any atom is 0.211 e. The minimum Gasteiger partial charge on any atom is -0.329 e. The van der Waals surface area contributed by atoms with Crippen molar-refractivity contribution in [2.75, 3.05) is 5.32 Å². The van der Waals surface area contributed by atoms with E-state index in [0.29, 0.717) is 6.41 Å². The Kier molecular flexibility index (Phi) is 4.68. The van der Waals surface area contributed by atoms with E-state index in [-0.39, 0.29) is 0 Å². The van der Waals surface area contributed by atoms with Gasteiger partial charge in [0.1, 0.15) is 0 Å². The number of thiazole rings is 1. The molecule has 1 aromatic heterocycles. The number of amides is 1. The van der Waals surface area contributed by atoms with E-state index in [9.17, 15) is 4.79 Å². The van der Waals surface area contributed by atoms with Gasteiger partial charge in [0, 0.05) is 17.0 Å². The van der Waals surface area contributed by atoms with Gasteiger partial charge >= 0.3 is 0 Å². The molecule has 0 spiro atoms. The summed E-state index contributed by atoms with van der Waals surface area (Å²) in [4.78, 5) is 16.4. The monoisotopic (exact) mass is 274 g/mol. The molecule has 0 radical (unpaired) electrons. The topological polar surface area (TPSA) is 42.0 Å². The summed E-state index contributed by atoms with van der Waals surface area (Å²) in [5, 5.41) is 3.81. The smallest absolute Gasteiger partial charge is 0.211 e. The van der Waals surface area contributed by atoms with Crippen LogP contribution in [-0.2, 0) is 17.6 Å². The minimum absolute atomic E-state index is 0.707. The molecule has 0 aliphatic carbocycles. The largest absolute Gasteiger partial charge is 0.329 e. The lowest BCUT2D eigenvalue weighted by Gasteiger charge is -2.04. The van der Waals surface area contributed by atoms with Crippen LogP contribution in [0.3, 0.4) is 0 Å². The van der Waals surface area contributed by atoms with E-state index in [2.05, 4.69) is 30.2 Å². The summed E-state index contributed by atoms with van der Waals surface area (Å²) < 4.78 is 0. The standard InChI is InChI=1S/C15H18N2OS/c1-3-5-14-15(19-11(2)17-14)9-12-6-4-7-13(8-12)16-10-18/h4,6-8,10H,3,5,9H2,1-2H3,(H,16,18). The number of nitrogens with one attached hydrogen (secondary N) is 1. The second kappa shape index (κ2) is 6.48. The summed E-state index contributed by atoms with van der Waals surface area (Å²) in [6.45, 7) is 4.23. The molecular weight excluding hydrogens is 256 g/mol. The quantitative estimate of drug-likeness (QED) is 0.818. The first kappa shape index (κ1) is 13.7. The fourth-order valence-electron chi connectivity index (χ4n) is 2.11. The molecule has 100 valence electrons. The van der Waals surface area contributed by atoms with Gasteiger partial charge in [-0.3, -0.25) is 4.79 Å². The number of anilines is 1. The van der Waals surface area contributed by atoms with Gasteiger partial charge in [-0.25, -0.2) is 4.98 Å². The normalized spacial score (nSPS) is 10.4. The summed E-state index contributed by atoms with van der Waals surface area (Å²) >= 11 is 1.77. The molecule has 0 saturated carbocycles. The second-order valence-corrected chi connectivity index (χ2v) is 5.78. The van der Waals surface area contributed by atoms with E-state index in [1.165, 1.54) is 16.1 Å². The molecule has 1 N–H and O–H groups in total. The Morgan fingerprint density at radius 3 is 3.00 bits per heavy atom. The van der Waals surface area contributed by atoms with Crippen LogP contribution in [0.5, 0.6) is 0 Å². The van der Waals surface area contributed by atoms with Crippen LogP contribution in [0.2, 0.25) is 0 Å². The summed E-state index contributed by atoms with van der Waals surface area (Å²) in [7, 11) is 0. The molecule has 0 saturated heterocycles.